The van der Waals surface area contributed by atoms with Gasteiger partial charge in [-0.3, -0.25) is 4.79 Å². The van der Waals surface area contributed by atoms with E-state index in [0.717, 1.165) is 35.5 Å². The first kappa shape index (κ1) is 19.1. The molecule has 0 saturated heterocycles. The molecule has 4 rings (SSSR count). The van der Waals surface area contributed by atoms with Crippen LogP contribution in [0.15, 0.2) is 58.7 Å². The predicted octanol–water partition coefficient (Wildman–Crippen LogP) is 4.72. The number of hydrogen-bond donors (Lipinski definition) is 0. The number of thiophene rings is 1. The Balaban J connectivity index is 1.39. The smallest absolute Gasteiger partial charge is 0.247 e. The maximum Gasteiger partial charge on any atom is 0.247 e. The molecule has 0 aliphatic heterocycles. The van der Waals surface area contributed by atoms with E-state index in [1.54, 1.807) is 23.5 Å². The molecule has 3 heterocycles. The summed E-state index contributed by atoms with van der Waals surface area (Å²) in [5, 5.41) is 9.62. The van der Waals surface area contributed by atoms with Crippen molar-refractivity contribution >= 4 is 17.1 Å². The minimum atomic E-state index is -0.0264. The minimum Gasteiger partial charge on any atom is -0.485 e. The standard InChI is InChI=1S/C22H21N3O3S/c1-15-12-20(16(2)25(15)10-9-19-4-3-11-29-19)21(26)13-27-18-7-5-17(6-8-18)22-24-23-14-28-22/h3-8,11-12,14H,9-10,13H2,1-2H3. The van der Waals surface area contributed by atoms with Gasteiger partial charge in [-0.1, -0.05) is 6.07 Å². The number of nitrogens with zero attached hydrogens (tertiary/aromatic N) is 3. The van der Waals surface area contributed by atoms with Crippen LogP contribution in [0.4, 0.5) is 0 Å². The Kier molecular flexibility index (Phi) is 5.57. The number of rotatable bonds is 8. The van der Waals surface area contributed by atoms with E-state index >= 15 is 0 Å². The van der Waals surface area contributed by atoms with Gasteiger partial charge in [-0.15, -0.1) is 21.5 Å². The van der Waals surface area contributed by atoms with Crippen LogP contribution < -0.4 is 4.74 Å². The molecule has 1 aromatic carbocycles. The van der Waals surface area contributed by atoms with Crippen LogP contribution in [0.5, 0.6) is 5.75 Å². The molecule has 0 fully saturated rings. The van der Waals surface area contributed by atoms with Crippen molar-refractivity contribution in [3.8, 4) is 17.2 Å². The molecule has 0 aliphatic rings. The van der Waals surface area contributed by atoms with Gasteiger partial charge in [-0.2, -0.15) is 0 Å². The van der Waals surface area contributed by atoms with Crippen molar-refractivity contribution in [3.63, 3.8) is 0 Å². The van der Waals surface area contributed by atoms with Gasteiger partial charge in [0.25, 0.3) is 0 Å². The SMILES string of the molecule is Cc1cc(C(=O)COc2ccc(-c3nnco3)cc2)c(C)n1CCc1cccs1. The Morgan fingerprint density at radius 3 is 2.72 bits per heavy atom. The van der Waals surface area contributed by atoms with E-state index in [1.165, 1.54) is 11.3 Å². The molecular weight excluding hydrogens is 386 g/mol. The zero-order chi connectivity index (χ0) is 20.2. The summed E-state index contributed by atoms with van der Waals surface area (Å²) in [5.41, 5.74) is 3.59. The summed E-state index contributed by atoms with van der Waals surface area (Å²) in [5.74, 6) is 1.04. The molecule has 6 nitrogen and oxygen atoms in total. The van der Waals surface area contributed by atoms with E-state index in [-0.39, 0.29) is 12.4 Å². The number of carbonyl (C=O) groups excluding carboxylic acids is 1. The van der Waals surface area contributed by atoms with Crippen LogP contribution in [0.2, 0.25) is 0 Å². The molecule has 0 bridgehead atoms. The highest BCUT2D eigenvalue weighted by molar-refractivity contribution is 7.09. The Bertz CT molecular complexity index is 1080. The van der Waals surface area contributed by atoms with Gasteiger partial charge in [0.15, 0.2) is 6.61 Å². The van der Waals surface area contributed by atoms with Crippen LogP contribution >= 0.6 is 11.3 Å². The van der Waals surface area contributed by atoms with Gasteiger partial charge >= 0.3 is 0 Å². The first-order valence-corrected chi connectivity index (χ1v) is 10.2. The summed E-state index contributed by atoms with van der Waals surface area (Å²) in [7, 11) is 0. The fourth-order valence-electron chi connectivity index (χ4n) is 3.32. The number of aryl methyl sites for hydroxylation is 2. The summed E-state index contributed by atoms with van der Waals surface area (Å²) < 4.78 is 13.1. The van der Waals surface area contributed by atoms with Gasteiger partial charge in [0.1, 0.15) is 5.75 Å². The number of ether oxygens (including phenoxy) is 1. The Hall–Kier alpha value is -3.19. The van der Waals surface area contributed by atoms with Crippen molar-refractivity contribution in [1.29, 1.82) is 0 Å². The first-order chi connectivity index (χ1) is 14.1. The molecule has 0 amide bonds. The van der Waals surface area contributed by atoms with Crippen LogP contribution in [0.1, 0.15) is 26.6 Å². The lowest BCUT2D eigenvalue weighted by Gasteiger charge is -2.09. The number of ketones is 1. The lowest BCUT2D eigenvalue weighted by atomic mass is 10.1. The van der Waals surface area contributed by atoms with Crippen LogP contribution in [-0.2, 0) is 13.0 Å². The number of Topliss-reactive ketones (excluding diaryl/α,β-unsaturated/α-hetero) is 1. The second-order valence-corrected chi connectivity index (χ2v) is 7.78. The third-order valence-corrected chi connectivity index (χ3v) is 5.80. The van der Waals surface area contributed by atoms with Gasteiger partial charge in [0, 0.05) is 33.9 Å². The summed E-state index contributed by atoms with van der Waals surface area (Å²) >= 11 is 1.76. The molecular formula is C22H21N3O3S. The summed E-state index contributed by atoms with van der Waals surface area (Å²) in [6.07, 6.45) is 2.25. The van der Waals surface area contributed by atoms with Crippen molar-refractivity contribution in [3.05, 3.63) is 76.1 Å². The van der Waals surface area contributed by atoms with Crippen molar-refractivity contribution in [1.82, 2.24) is 14.8 Å². The van der Waals surface area contributed by atoms with E-state index in [0.29, 0.717) is 11.6 Å². The normalized spacial score (nSPS) is 11.0. The van der Waals surface area contributed by atoms with Crippen LogP contribution in [0, 0.1) is 13.8 Å². The average molecular weight is 407 g/mol. The topological polar surface area (TPSA) is 70.2 Å². The monoisotopic (exact) mass is 407 g/mol. The third-order valence-electron chi connectivity index (χ3n) is 4.87. The van der Waals surface area contributed by atoms with E-state index < -0.39 is 0 Å². The van der Waals surface area contributed by atoms with Gasteiger partial charge in [-0.05, 0) is 62.0 Å². The largest absolute Gasteiger partial charge is 0.485 e. The summed E-state index contributed by atoms with van der Waals surface area (Å²) in [6.45, 7) is 4.89. The quantitative estimate of drug-likeness (QED) is 0.395. The fraction of sp³-hybridized carbons (Fsp3) is 0.227. The lowest BCUT2D eigenvalue weighted by molar-refractivity contribution is 0.0921. The molecule has 29 heavy (non-hydrogen) atoms. The number of hydrogen-bond acceptors (Lipinski definition) is 6. The highest BCUT2D eigenvalue weighted by Gasteiger charge is 2.16. The first-order valence-electron chi connectivity index (χ1n) is 9.33. The second-order valence-electron chi connectivity index (χ2n) is 6.75. The Morgan fingerprint density at radius 2 is 2.03 bits per heavy atom. The molecule has 0 aliphatic carbocycles. The molecule has 0 atom stereocenters. The fourth-order valence-corrected chi connectivity index (χ4v) is 4.02. The zero-order valence-corrected chi connectivity index (χ0v) is 17.1. The summed E-state index contributed by atoms with van der Waals surface area (Å²) in [4.78, 5) is 14.1. The van der Waals surface area contributed by atoms with Gasteiger partial charge in [-0.25, -0.2) is 0 Å². The molecule has 3 aromatic heterocycles. The van der Waals surface area contributed by atoms with Crippen molar-refractivity contribution < 1.29 is 13.9 Å². The van der Waals surface area contributed by atoms with Crippen LogP contribution in [0.25, 0.3) is 11.5 Å². The molecule has 0 spiro atoms. The number of benzene rings is 1. The average Bonchev–Trinajstić information content (AvgIpc) is 3.48. The van der Waals surface area contributed by atoms with Crippen molar-refractivity contribution in [2.75, 3.05) is 6.61 Å². The predicted molar refractivity (Wildman–Crippen MR) is 111 cm³/mol. The maximum atomic E-state index is 12.7. The van der Waals surface area contributed by atoms with Crippen LogP contribution in [-0.4, -0.2) is 27.2 Å². The Morgan fingerprint density at radius 1 is 1.21 bits per heavy atom. The molecule has 148 valence electrons. The highest BCUT2D eigenvalue weighted by atomic mass is 32.1. The number of aromatic nitrogens is 3. The van der Waals surface area contributed by atoms with Gasteiger partial charge in [0.05, 0.1) is 0 Å². The van der Waals surface area contributed by atoms with E-state index in [9.17, 15) is 4.79 Å². The molecule has 0 unspecified atom stereocenters. The minimum absolute atomic E-state index is 0.00484. The molecule has 7 heteroatoms. The third kappa shape index (κ3) is 4.30. The van der Waals surface area contributed by atoms with E-state index in [2.05, 4.69) is 32.3 Å². The zero-order valence-electron chi connectivity index (χ0n) is 16.3. The lowest BCUT2D eigenvalue weighted by Crippen LogP contribution is -2.13. The second kappa shape index (κ2) is 8.45. The van der Waals surface area contributed by atoms with E-state index in [1.807, 2.05) is 32.0 Å². The van der Waals surface area contributed by atoms with Gasteiger partial charge < -0.3 is 13.7 Å². The maximum absolute atomic E-state index is 12.7. The highest BCUT2D eigenvalue weighted by Crippen LogP contribution is 2.21. The van der Waals surface area contributed by atoms with Gasteiger partial charge in [0.2, 0.25) is 18.1 Å². The molecule has 0 radical (unpaired) electrons. The molecule has 4 aromatic rings. The van der Waals surface area contributed by atoms with E-state index in [4.69, 9.17) is 9.15 Å². The van der Waals surface area contributed by atoms with Crippen molar-refractivity contribution in [2.24, 2.45) is 0 Å². The number of carbonyl (C=O) groups is 1. The van der Waals surface area contributed by atoms with Crippen molar-refractivity contribution in [2.45, 2.75) is 26.8 Å². The Labute approximate surface area is 172 Å². The van der Waals surface area contributed by atoms with Crippen LogP contribution in [0.3, 0.4) is 0 Å². The molecule has 0 N–H and O–H groups in total. The summed E-state index contributed by atoms with van der Waals surface area (Å²) in [6, 6.07) is 13.4. The molecule has 0 saturated carbocycles.